The molecule has 2 heterocycles. The minimum absolute atomic E-state index is 0.159. The molecule has 0 spiro atoms. The Morgan fingerprint density at radius 3 is 2.78 bits per heavy atom. The SMILES string of the molecule is CCOc1ccc(C(=O)Nc2cc(-c3noc(C4CCC4)n3)sc2C)cc1. The number of hydrogen-bond acceptors (Lipinski definition) is 6. The van der Waals surface area contributed by atoms with Gasteiger partial charge in [0.15, 0.2) is 0 Å². The third-order valence-corrected chi connectivity index (χ3v) is 5.76. The summed E-state index contributed by atoms with van der Waals surface area (Å²) in [4.78, 5) is 18.9. The summed E-state index contributed by atoms with van der Waals surface area (Å²) in [5.74, 6) is 2.32. The van der Waals surface area contributed by atoms with Gasteiger partial charge in [0.1, 0.15) is 5.75 Å². The second kappa shape index (κ2) is 7.52. The maximum absolute atomic E-state index is 12.5. The topological polar surface area (TPSA) is 77.2 Å². The third-order valence-electron chi connectivity index (χ3n) is 4.71. The zero-order chi connectivity index (χ0) is 18.8. The van der Waals surface area contributed by atoms with Gasteiger partial charge < -0.3 is 14.6 Å². The van der Waals surface area contributed by atoms with Crippen molar-refractivity contribution < 1.29 is 14.1 Å². The van der Waals surface area contributed by atoms with Crippen LogP contribution in [0.5, 0.6) is 5.75 Å². The molecule has 1 aromatic carbocycles. The van der Waals surface area contributed by atoms with E-state index in [1.165, 1.54) is 6.42 Å². The lowest BCUT2D eigenvalue weighted by Gasteiger charge is -2.20. The van der Waals surface area contributed by atoms with E-state index in [1.54, 1.807) is 35.6 Å². The van der Waals surface area contributed by atoms with Gasteiger partial charge in [0.25, 0.3) is 5.91 Å². The number of hydrogen-bond donors (Lipinski definition) is 1. The number of ether oxygens (including phenoxy) is 1. The highest BCUT2D eigenvalue weighted by Gasteiger charge is 2.26. The van der Waals surface area contributed by atoms with Crippen molar-refractivity contribution >= 4 is 22.9 Å². The van der Waals surface area contributed by atoms with Crippen molar-refractivity contribution in [3.8, 4) is 16.5 Å². The van der Waals surface area contributed by atoms with Crippen LogP contribution in [0.25, 0.3) is 10.7 Å². The molecule has 1 fully saturated rings. The van der Waals surface area contributed by atoms with Crippen LogP contribution in [-0.2, 0) is 0 Å². The average Bonchev–Trinajstić information content (AvgIpc) is 3.22. The quantitative estimate of drug-likeness (QED) is 0.646. The first-order valence-electron chi connectivity index (χ1n) is 9.12. The van der Waals surface area contributed by atoms with Crippen LogP contribution >= 0.6 is 11.3 Å². The number of thiophene rings is 1. The number of benzene rings is 1. The molecule has 4 rings (SSSR count). The van der Waals surface area contributed by atoms with Crippen LogP contribution in [0.1, 0.15) is 53.2 Å². The highest BCUT2D eigenvalue weighted by Crippen LogP contribution is 2.38. The van der Waals surface area contributed by atoms with Gasteiger partial charge in [0, 0.05) is 16.4 Å². The fourth-order valence-corrected chi connectivity index (χ4v) is 3.84. The van der Waals surface area contributed by atoms with Crippen LogP contribution in [0.3, 0.4) is 0 Å². The fraction of sp³-hybridized carbons (Fsp3) is 0.350. The van der Waals surface area contributed by atoms with Gasteiger partial charge in [-0.2, -0.15) is 4.98 Å². The standard InChI is InChI=1S/C20H21N3O3S/c1-3-25-15-9-7-13(8-10-15)19(24)21-16-11-17(27-12(16)2)18-22-20(26-23-18)14-5-4-6-14/h7-11,14H,3-6H2,1-2H3,(H,21,24). The molecule has 27 heavy (non-hydrogen) atoms. The van der Waals surface area contributed by atoms with Crippen LogP contribution in [-0.4, -0.2) is 22.7 Å². The van der Waals surface area contributed by atoms with Crippen molar-refractivity contribution in [2.45, 2.75) is 39.0 Å². The first-order chi connectivity index (χ1) is 13.1. The average molecular weight is 383 g/mol. The molecule has 0 atom stereocenters. The summed E-state index contributed by atoms with van der Waals surface area (Å²) in [5, 5.41) is 7.07. The summed E-state index contributed by atoms with van der Waals surface area (Å²) in [5.41, 5.74) is 1.35. The van der Waals surface area contributed by atoms with Crippen molar-refractivity contribution in [2.75, 3.05) is 11.9 Å². The lowest BCUT2D eigenvalue weighted by Crippen LogP contribution is -2.11. The van der Waals surface area contributed by atoms with Gasteiger partial charge in [-0.3, -0.25) is 4.79 Å². The molecular weight excluding hydrogens is 362 g/mol. The van der Waals surface area contributed by atoms with Crippen molar-refractivity contribution in [1.82, 2.24) is 10.1 Å². The fourth-order valence-electron chi connectivity index (χ4n) is 2.94. The molecule has 7 heteroatoms. The summed E-state index contributed by atoms with van der Waals surface area (Å²) in [6.07, 6.45) is 3.46. The highest BCUT2D eigenvalue weighted by atomic mass is 32.1. The van der Waals surface area contributed by atoms with E-state index in [0.29, 0.717) is 23.9 Å². The summed E-state index contributed by atoms with van der Waals surface area (Å²) in [7, 11) is 0. The molecular formula is C20H21N3O3S. The molecule has 0 unspecified atom stereocenters. The number of rotatable bonds is 6. The maximum Gasteiger partial charge on any atom is 0.255 e. The van der Waals surface area contributed by atoms with Crippen LogP contribution in [0.4, 0.5) is 5.69 Å². The van der Waals surface area contributed by atoms with Crippen LogP contribution in [0.15, 0.2) is 34.9 Å². The van der Waals surface area contributed by atoms with Crippen molar-refractivity contribution in [2.24, 2.45) is 0 Å². The zero-order valence-corrected chi connectivity index (χ0v) is 16.1. The summed E-state index contributed by atoms with van der Waals surface area (Å²) in [6, 6.07) is 9.01. The molecule has 6 nitrogen and oxygen atoms in total. The van der Waals surface area contributed by atoms with E-state index in [1.807, 2.05) is 19.9 Å². The number of amides is 1. The first-order valence-corrected chi connectivity index (χ1v) is 9.94. The largest absolute Gasteiger partial charge is 0.494 e. The van der Waals surface area contributed by atoms with Gasteiger partial charge in [0.05, 0.1) is 17.2 Å². The lowest BCUT2D eigenvalue weighted by molar-refractivity contribution is 0.102. The molecule has 0 aliphatic heterocycles. The van der Waals surface area contributed by atoms with Crippen LogP contribution in [0, 0.1) is 6.92 Å². The van der Waals surface area contributed by atoms with Gasteiger partial charge in [-0.15, -0.1) is 11.3 Å². The Kier molecular flexibility index (Phi) is 4.94. The number of nitrogens with zero attached hydrogens (tertiary/aromatic N) is 2. The van der Waals surface area contributed by atoms with Crippen molar-refractivity contribution in [1.29, 1.82) is 0 Å². The Labute approximate surface area is 161 Å². The summed E-state index contributed by atoms with van der Waals surface area (Å²) in [6.45, 7) is 4.49. The molecule has 1 N–H and O–H groups in total. The minimum Gasteiger partial charge on any atom is -0.494 e. The Balaban J connectivity index is 1.47. The van der Waals surface area contributed by atoms with Crippen molar-refractivity contribution in [3.63, 3.8) is 0 Å². The molecule has 2 aromatic heterocycles. The Bertz CT molecular complexity index is 942. The van der Waals surface area contributed by atoms with E-state index in [0.717, 1.165) is 39.9 Å². The second-order valence-corrected chi connectivity index (χ2v) is 7.83. The van der Waals surface area contributed by atoms with Gasteiger partial charge in [-0.25, -0.2) is 0 Å². The number of anilines is 1. The van der Waals surface area contributed by atoms with Gasteiger partial charge >= 0.3 is 0 Å². The number of aryl methyl sites for hydroxylation is 1. The molecule has 0 bridgehead atoms. The maximum atomic E-state index is 12.5. The number of aromatic nitrogens is 2. The molecule has 0 saturated heterocycles. The van der Waals surface area contributed by atoms with E-state index < -0.39 is 0 Å². The second-order valence-electron chi connectivity index (χ2n) is 6.58. The van der Waals surface area contributed by atoms with E-state index in [9.17, 15) is 4.79 Å². The third kappa shape index (κ3) is 3.73. The predicted molar refractivity (Wildman–Crippen MR) is 105 cm³/mol. The molecule has 1 aliphatic carbocycles. The Morgan fingerprint density at radius 2 is 2.11 bits per heavy atom. The molecule has 1 aliphatic rings. The van der Waals surface area contributed by atoms with E-state index in [-0.39, 0.29) is 5.91 Å². The van der Waals surface area contributed by atoms with E-state index >= 15 is 0 Å². The highest BCUT2D eigenvalue weighted by molar-refractivity contribution is 7.16. The molecule has 140 valence electrons. The number of nitrogens with one attached hydrogen (secondary N) is 1. The number of carbonyl (C=O) groups is 1. The minimum atomic E-state index is -0.159. The van der Waals surface area contributed by atoms with Crippen molar-refractivity contribution in [3.05, 3.63) is 46.7 Å². The monoisotopic (exact) mass is 383 g/mol. The Morgan fingerprint density at radius 1 is 1.33 bits per heavy atom. The summed E-state index contributed by atoms with van der Waals surface area (Å²) >= 11 is 1.54. The molecule has 3 aromatic rings. The normalized spacial score (nSPS) is 14.0. The molecule has 1 amide bonds. The van der Waals surface area contributed by atoms with Gasteiger partial charge in [-0.05, 0) is 57.0 Å². The lowest BCUT2D eigenvalue weighted by atomic mass is 9.85. The van der Waals surface area contributed by atoms with E-state index in [4.69, 9.17) is 9.26 Å². The Hall–Kier alpha value is -2.67. The van der Waals surface area contributed by atoms with Gasteiger partial charge in [-0.1, -0.05) is 11.6 Å². The predicted octanol–water partition coefficient (Wildman–Crippen LogP) is 5.03. The van der Waals surface area contributed by atoms with Crippen LogP contribution in [0.2, 0.25) is 0 Å². The smallest absolute Gasteiger partial charge is 0.255 e. The zero-order valence-electron chi connectivity index (χ0n) is 15.3. The molecule has 0 radical (unpaired) electrons. The van der Waals surface area contributed by atoms with Gasteiger partial charge in [0.2, 0.25) is 11.7 Å². The molecule has 1 saturated carbocycles. The van der Waals surface area contributed by atoms with Crippen LogP contribution < -0.4 is 10.1 Å². The number of carbonyl (C=O) groups excluding carboxylic acids is 1. The summed E-state index contributed by atoms with van der Waals surface area (Å²) < 4.78 is 10.8. The first kappa shape index (κ1) is 17.7. The van der Waals surface area contributed by atoms with E-state index in [2.05, 4.69) is 15.5 Å².